The van der Waals surface area contributed by atoms with Crippen LogP contribution in [0, 0.1) is 22.5 Å². The van der Waals surface area contributed by atoms with Crippen LogP contribution in [-0.4, -0.2) is 26.1 Å². The van der Waals surface area contributed by atoms with E-state index in [0.29, 0.717) is 12.8 Å². The van der Waals surface area contributed by atoms with Crippen molar-refractivity contribution in [3.63, 3.8) is 0 Å². The number of carbonyl (C=O) groups excluding carboxylic acids is 1. The van der Waals surface area contributed by atoms with Crippen molar-refractivity contribution >= 4 is 23.2 Å². The maximum atomic E-state index is 12.4. The quantitative estimate of drug-likeness (QED) is 0.464. The second-order valence-corrected chi connectivity index (χ2v) is 6.99. The summed E-state index contributed by atoms with van der Waals surface area (Å²) in [5.74, 6) is 1.23. The zero-order chi connectivity index (χ0) is 20.3. The van der Waals surface area contributed by atoms with Crippen molar-refractivity contribution in [2.24, 2.45) is 0 Å². The number of aromatic nitrogens is 2. The summed E-state index contributed by atoms with van der Waals surface area (Å²) in [5.41, 5.74) is -0.703. The van der Waals surface area contributed by atoms with E-state index in [-0.39, 0.29) is 28.7 Å². The summed E-state index contributed by atoms with van der Waals surface area (Å²) in [7, 11) is 0. The van der Waals surface area contributed by atoms with Crippen LogP contribution in [0.3, 0.4) is 0 Å². The topological polar surface area (TPSA) is 120 Å². The Morgan fingerprint density at radius 2 is 2.14 bits per heavy atom. The minimum Gasteiger partial charge on any atom is -0.388 e. The van der Waals surface area contributed by atoms with E-state index in [4.69, 9.17) is 22.4 Å². The lowest BCUT2D eigenvalue weighted by atomic mass is 9.82. The molecule has 1 aromatic heterocycles. The molecule has 9 nitrogen and oxygen atoms in total. The van der Waals surface area contributed by atoms with Gasteiger partial charge < -0.3 is 9.73 Å². The Bertz CT molecular complexity index is 1010. The lowest BCUT2D eigenvalue weighted by Crippen LogP contribution is -2.50. The van der Waals surface area contributed by atoms with E-state index >= 15 is 0 Å². The first-order valence-corrected chi connectivity index (χ1v) is 9.02. The van der Waals surface area contributed by atoms with Crippen molar-refractivity contribution in [3.05, 3.63) is 43.9 Å². The fraction of sp³-hybridized carbons (Fsp3) is 0.389. The zero-order valence-corrected chi connectivity index (χ0v) is 15.6. The van der Waals surface area contributed by atoms with Gasteiger partial charge in [0, 0.05) is 12.1 Å². The van der Waals surface area contributed by atoms with Crippen molar-refractivity contribution in [1.29, 1.82) is 0 Å². The molecule has 10 heteroatoms. The average molecular weight is 405 g/mol. The molecule has 1 amide bonds. The van der Waals surface area contributed by atoms with Gasteiger partial charge in [-0.3, -0.25) is 14.9 Å². The Morgan fingerprint density at radius 1 is 1.43 bits per heavy atom. The molecule has 0 atom stereocenters. The number of hydrogen-bond donors (Lipinski definition) is 1. The van der Waals surface area contributed by atoms with E-state index in [1.807, 2.05) is 0 Å². The number of nitrogens with zero attached hydrogens (tertiary/aromatic N) is 3. The summed E-state index contributed by atoms with van der Waals surface area (Å²) in [6.45, 7) is -0.365. The highest BCUT2D eigenvalue weighted by molar-refractivity contribution is 6.33. The molecule has 0 aliphatic heterocycles. The van der Waals surface area contributed by atoms with Gasteiger partial charge in [0.2, 0.25) is 5.91 Å². The summed E-state index contributed by atoms with van der Waals surface area (Å²) in [6.07, 6.45) is 9.91. The van der Waals surface area contributed by atoms with Gasteiger partial charge in [0.15, 0.2) is 0 Å². The molecule has 1 heterocycles. The number of carbonyl (C=O) groups is 1. The number of nitrogens with one attached hydrogen (secondary N) is 1. The minimum atomic E-state index is -0.849. The van der Waals surface area contributed by atoms with E-state index in [2.05, 4.69) is 16.3 Å². The van der Waals surface area contributed by atoms with Gasteiger partial charge in [0.25, 0.3) is 11.6 Å². The molecule has 0 spiro atoms. The molecular weight excluding hydrogens is 388 g/mol. The lowest BCUT2D eigenvalue weighted by molar-refractivity contribution is -0.384. The Labute approximate surface area is 164 Å². The maximum absolute atomic E-state index is 12.4. The van der Waals surface area contributed by atoms with E-state index in [1.54, 1.807) is 0 Å². The second kappa shape index (κ2) is 7.86. The molecule has 1 fully saturated rings. The summed E-state index contributed by atoms with van der Waals surface area (Å²) < 4.78 is 5.90. The van der Waals surface area contributed by atoms with Crippen molar-refractivity contribution in [3.8, 4) is 23.8 Å². The Balaban J connectivity index is 1.77. The van der Waals surface area contributed by atoms with Gasteiger partial charge in [-0.15, -0.1) is 11.5 Å². The highest BCUT2D eigenvalue weighted by Crippen LogP contribution is 2.30. The standard InChI is InChI=1S/C18H17ClN4O5/c1-2-18(8-4-3-5-9-18)20-15(24)11-22-17(25)28-16(21-22)13-7-6-12(23(26)27)10-14(13)19/h1,6-7,10H,3-5,8-9,11H2,(H,20,24). The molecule has 0 radical (unpaired) electrons. The lowest BCUT2D eigenvalue weighted by Gasteiger charge is -2.33. The summed E-state index contributed by atoms with van der Waals surface area (Å²) in [6, 6.07) is 3.67. The van der Waals surface area contributed by atoms with Crippen molar-refractivity contribution in [1.82, 2.24) is 15.1 Å². The zero-order valence-electron chi connectivity index (χ0n) is 14.8. The minimum absolute atomic E-state index is 0.000502. The third-order valence-electron chi connectivity index (χ3n) is 4.66. The van der Waals surface area contributed by atoms with Crippen molar-refractivity contribution < 1.29 is 14.1 Å². The van der Waals surface area contributed by atoms with Crippen LogP contribution in [0.2, 0.25) is 5.02 Å². The number of nitro groups is 1. The molecule has 1 aliphatic carbocycles. The van der Waals surface area contributed by atoms with Crippen LogP contribution in [0.5, 0.6) is 0 Å². The van der Waals surface area contributed by atoms with Gasteiger partial charge in [0.05, 0.1) is 15.5 Å². The molecule has 3 rings (SSSR count). The summed E-state index contributed by atoms with van der Waals surface area (Å²) in [5, 5.41) is 17.6. The van der Waals surface area contributed by atoms with Crippen LogP contribution in [0.1, 0.15) is 32.1 Å². The maximum Gasteiger partial charge on any atom is 0.437 e. The van der Waals surface area contributed by atoms with Gasteiger partial charge in [-0.1, -0.05) is 36.8 Å². The van der Waals surface area contributed by atoms with Crippen LogP contribution in [0.25, 0.3) is 11.5 Å². The van der Waals surface area contributed by atoms with Crippen molar-refractivity contribution in [2.75, 3.05) is 0 Å². The predicted octanol–water partition coefficient (Wildman–Crippen LogP) is 2.52. The molecule has 0 bridgehead atoms. The van der Waals surface area contributed by atoms with Gasteiger partial charge in [0.1, 0.15) is 12.1 Å². The smallest absolute Gasteiger partial charge is 0.388 e. The predicted molar refractivity (Wildman–Crippen MR) is 101 cm³/mol. The molecule has 28 heavy (non-hydrogen) atoms. The Morgan fingerprint density at radius 3 is 2.75 bits per heavy atom. The van der Waals surface area contributed by atoms with E-state index < -0.39 is 22.1 Å². The van der Waals surface area contributed by atoms with E-state index in [1.165, 1.54) is 12.1 Å². The van der Waals surface area contributed by atoms with Gasteiger partial charge >= 0.3 is 5.76 Å². The molecule has 0 unspecified atom stereocenters. The van der Waals surface area contributed by atoms with Crippen LogP contribution in [-0.2, 0) is 11.3 Å². The molecule has 2 aromatic rings. The number of amides is 1. The number of rotatable bonds is 5. The first-order valence-electron chi connectivity index (χ1n) is 8.65. The SMILES string of the molecule is C#CC1(NC(=O)Cn2nc(-c3ccc([N+](=O)[O-])cc3Cl)oc2=O)CCCCC1. The highest BCUT2D eigenvalue weighted by Gasteiger charge is 2.31. The van der Waals surface area contributed by atoms with Crippen LogP contribution in [0.15, 0.2) is 27.4 Å². The molecule has 0 saturated heterocycles. The monoisotopic (exact) mass is 404 g/mol. The van der Waals surface area contributed by atoms with Gasteiger partial charge in [-0.25, -0.2) is 4.79 Å². The van der Waals surface area contributed by atoms with Crippen molar-refractivity contribution in [2.45, 2.75) is 44.2 Å². The van der Waals surface area contributed by atoms with Crippen LogP contribution in [0.4, 0.5) is 5.69 Å². The molecule has 1 aliphatic rings. The average Bonchev–Trinajstić information content (AvgIpc) is 3.02. The van der Waals surface area contributed by atoms with E-state index in [9.17, 15) is 19.7 Å². The van der Waals surface area contributed by atoms with Crippen LogP contribution < -0.4 is 11.1 Å². The Kier molecular flexibility index (Phi) is 5.51. The molecule has 1 aromatic carbocycles. The number of hydrogen-bond acceptors (Lipinski definition) is 6. The second-order valence-electron chi connectivity index (χ2n) is 6.59. The number of benzene rings is 1. The normalized spacial score (nSPS) is 15.6. The van der Waals surface area contributed by atoms with E-state index in [0.717, 1.165) is 30.0 Å². The third kappa shape index (κ3) is 4.07. The molecular formula is C18H17ClN4O5. The Hall–Kier alpha value is -3.12. The number of non-ortho nitro benzene ring substituents is 1. The summed E-state index contributed by atoms with van der Waals surface area (Å²) in [4.78, 5) is 34.6. The summed E-state index contributed by atoms with van der Waals surface area (Å²) >= 11 is 6.02. The fourth-order valence-electron chi connectivity index (χ4n) is 3.21. The number of nitro benzene ring substituents is 1. The molecule has 146 valence electrons. The van der Waals surface area contributed by atoms with Gasteiger partial charge in [-0.05, 0) is 18.9 Å². The molecule has 1 saturated carbocycles. The molecule has 1 N–H and O–H groups in total. The number of terminal acetylenes is 1. The van der Waals surface area contributed by atoms with Crippen LogP contribution >= 0.6 is 11.6 Å². The highest BCUT2D eigenvalue weighted by atomic mass is 35.5. The first-order chi connectivity index (χ1) is 13.3. The first kappa shape index (κ1) is 19.6. The number of halogens is 1. The fourth-order valence-corrected chi connectivity index (χ4v) is 3.46. The third-order valence-corrected chi connectivity index (χ3v) is 4.97. The largest absolute Gasteiger partial charge is 0.437 e. The van der Waals surface area contributed by atoms with Gasteiger partial charge in [-0.2, -0.15) is 4.68 Å².